The third-order valence-corrected chi connectivity index (χ3v) is 12.8. The Labute approximate surface area is 328 Å². The number of fused-ring (bicyclic) bond motifs is 4. The average molecular weight is 739 g/mol. The molecule has 2 heterocycles. The molecule has 280 valence electrons. The van der Waals surface area contributed by atoms with E-state index < -0.39 is 0 Å². The first-order chi connectivity index (χ1) is 27.4. The van der Waals surface area contributed by atoms with Crippen molar-refractivity contribution in [1.29, 1.82) is 0 Å². The molecule has 2 unspecified atom stereocenters. The van der Waals surface area contributed by atoms with Crippen molar-refractivity contribution in [3.63, 3.8) is 0 Å². The zero-order valence-electron chi connectivity index (χ0n) is 32.5. The second kappa shape index (κ2) is 12.7. The number of anilines is 4. The number of hydrogen-bond acceptors (Lipinski definition) is 6. The van der Waals surface area contributed by atoms with Gasteiger partial charge in [-0.1, -0.05) is 94.5 Å². The van der Waals surface area contributed by atoms with Crippen LogP contribution in [0.15, 0.2) is 127 Å². The number of rotatable bonds is 3. The van der Waals surface area contributed by atoms with Crippen LogP contribution in [0, 0.1) is 0 Å². The van der Waals surface area contributed by atoms with Crippen LogP contribution in [0.3, 0.4) is 0 Å². The molecule has 0 amide bonds. The smallest absolute Gasteiger partial charge is 0.231 e. The first-order valence-electron chi connectivity index (χ1n) is 20.2. The van der Waals surface area contributed by atoms with E-state index in [1.165, 1.54) is 54.7 Å². The summed E-state index contributed by atoms with van der Waals surface area (Å²) in [6, 6.07) is 29.0. The van der Waals surface area contributed by atoms with Crippen LogP contribution in [0.1, 0.15) is 69.6 Å². The van der Waals surface area contributed by atoms with E-state index in [2.05, 4.69) is 141 Å². The lowest BCUT2D eigenvalue weighted by Gasteiger charge is -2.41. The molecule has 6 nitrogen and oxygen atoms in total. The summed E-state index contributed by atoms with van der Waals surface area (Å²) in [5.41, 5.74) is 9.60. The van der Waals surface area contributed by atoms with Gasteiger partial charge in [0, 0.05) is 16.2 Å². The van der Waals surface area contributed by atoms with Crippen LogP contribution in [0.2, 0.25) is 0 Å². The molecule has 0 fully saturated rings. The Morgan fingerprint density at radius 2 is 1.43 bits per heavy atom. The van der Waals surface area contributed by atoms with Gasteiger partial charge in [0.25, 0.3) is 0 Å². The molecule has 0 aromatic heterocycles. The number of para-hydroxylation sites is 4. The summed E-state index contributed by atoms with van der Waals surface area (Å²) in [7, 11) is 0. The van der Waals surface area contributed by atoms with Gasteiger partial charge in [0.1, 0.15) is 23.4 Å². The second-order valence-corrected chi connectivity index (χ2v) is 16.8. The summed E-state index contributed by atoms with van der Waals surface area (Å²) in [6.45, 7) is 9.89. The van der Waals surface area contributed by atoms with Crippen molar-refractivity contribution in [2.75, 3.05) is 23.4 Å². The minimum atomic E-state index is -0.176. The number of hydrogen-bond donors (Lipinski definition) is 0. The third kappa shape index (κ3) is 4.98. The molecule has 6 aromatic carbocycles. The van der Waals surface area contributed by atoms with Crippen LogP contribution in [0.25, 0.3) is 32.3 Å². The van der Waals surface area contributed by atoms with Crippen molar-refractivity contribution in [1.82, 2.24) is 0 Å². The fourth-order valence-electron chi connectivity index (χ4n) is 10.00. The molecule has 11 rings (SSSR count). The predicted octanol–water partition coefficient (Wildman–Crippen LogP) is 12.4. The van der Waals surface area contributed by atoms with Crippen LogP contribution < -0.4 is 19.3 Å². The topological polar surface area (TPSA) is 43.4 Å². The molecule has 6 aromatic rings. The Kier molecular flexibility index (Phi) is 7.59. The van der Waals surface area contributed by atoms with Crippen molar-refractivity contribution in [2.24, 2.45) is 0 Å². The van der Waals surface area contributed by atoms with Gasteiger partial charge in [-0.3, -0.25) is 0 Å². The van der Waals surface area contributed by atoms with Crippen LogP contribution in [0.5, 0.6) is 11.5 Å². The largest absolute Gasteiger partial charge is 0.465 e. The Hall–Kier alpha value is -5.72. The third-order valence-electron chi connectivity index (χ3n) is 12.8. The molecule has 5 aliphatic rings. The highest BCUT2D eigenvalue weighted by Gasteiger charge is 2.37. The Bertz CT molecular complexity index is 2700. The summed E-state index contributed by atoms with van der Waals surface area (Å²) >= 11 is 0. The van der Waals surface area contributed by atoms with E-state index in [0.29, 0.717) is 0 Å². The zero-order valence-corrected chi connectivity index (χ0v) is 32.5. The number of ether oxygens (including phenoxy) is 4. The van der Waals surface area contributed by atoms with Gasteiger partial charge in [0.05, 0.1) is 34.5 Å². The van der Waals surface area contributed by atoms with Crippen molar-refractivity contribution in [2.45, 2.75) is 76.9 Å². The van der Waals surface area contributed by atoms with Crippen LogP contribution >= 0.6 is 0 Å². The molecular formula is C50H46N2O4. The maximum absolute atomic E-state index is 6.44. The highest BCUT2D eigenvalue weighted by Crippen LogP contribution is 2.55. The fourth-order valence-corrected chi connectivity index (χ4v) is 10.00. The molecular weight excluding hydrogens is 693 g/mol. The molecule has 0 saturated heterocycles. The summed E-state index contributed by atoms with van der Waals surface area (Å²) in [6.07, 6.45) is 17.1. The lowest BCUT2D eigenvalue weighted by atomic mass is 9.70. The lowest BCUT2D eigenvalue weighted by molar-refractivity contribution is -0.0240. The van der Waals surface area contributed by atoms with Gasteiger partial charge in [-0.05, 0) is 118 Å². The van der Waals surface area contributed by atoms with Crippen LogP contribution in [-0.2, 0) is 21.3 Å². The number of benzene rings is 6. The van der Waals surface area contributed by atoms with Crippen molar-refractivity contribution >= 4 is 55.1 Å². The minimum absolute atomic E-state index is 0.0255. The zero-order chi connectivity index (χ0) is 37.7. The molecule has 0 spiro atoms. The van der Waals surface area contributed by atoms with E-state index in [0.717, 1.165) is 65.7 Å². The summed E-state index contributed by atoms with van der Waals surface area (Å²) < 4.78 is 25.4. The van der Waals surface area contributed by atoms with Crippen molar-refractivity contribution < 1.29 is 18.9 Å². The second-order valence-electron chi connectivity index (χ2n) is 16.8. The van der Waals surface area contributed by atoms with E-state index in [4.69, 9.17) is 18.9 Å². The predicted molar refractivity (Wildman–Crippen MR) is 227 cm³/mol. The maximum Gasteiger partial charge on any atom is 0.231 e. The number of nitrogens with zero attached hydrogens (tertiary/aromatic N) is 2. The maximum atomic E-state index is 6.44. The monoisotopic (exact) mass is 738 g/mol. The van der Waals surface area contributed by atoms with Crippen LogP contribution in [-0.4, -0.2) is 25.7 Å². The molecule has 2 atom stereocenters. The van der Waals surface area contributed by atoms with Gasteiger partial charge in [0.2, 0.25) is 6.79 Å². The minimum Gasteiger partial charge on any atom is -0.465 e. The molecule has 0 bridgehead atoms. The molecule has 0 radical (unpaired) electrons. The molecule has 0 N–H and O–H groups in total. The Morgan fingerprint density at radius 1 is 0.679 bits per heavy atom. The van der Waals surface area contributed by atoms with Crippen molar-refractivity contribution in [3.05, 3.63) is 143 Å². The van der Waals surface area contributed by atoms with Gasteiger partial charge in [0.15, 0.2) is 6.79 Å². The highest BCUT2D eigenvalue weighted by atomic mass is 16.7. The van der Waals surface area contributed by atoms with E-state index >= 15 is 0 Å². The fraction of sp³-hybridized carbons (Fsp3) is 0.280. The average Bonchev–Trinajstić information content (AvgIpc) is 3.20. The van der Waals surface area contributed by atoms with Gasteiger partial charge >= 0.3 is 0 Å². The summed E-state index contributed by atoms with van der Waals surface area (Å²) in [5.74, 6) is 2.79. The first kappa shape index (κ1) is 33.6. The summed E-state index contributed by atoms with van der Waals surface area (Å²) in [4.78, 5) is 4.91. The quantitative estimate of drug-likeness (QED) is 0.168. The normalized spacial score (nSPS) is 21.1. The van der Waals surface area contributed by atoms with Gasteiger partial charge in [-0.2, -0.15) is 0 Å². The lowest BCUT2D eigenvalue weighted by Crippen LogP contribution is -2.43. The molecule has 6 heteroatoms. The van der Waals surface area contributed by atoms with Gasteiger partial charge in [-0.25, -0.2) is 0 Å². The SMILES string of the molecule is CC(C)c1cc(N2c3ccccc3OCOC3C=CC=CC32)c2cc3c4c(cc(N5C6=CCCC=C6OCOc6ccccc65)c5ccc1c2c54)CCC3(C)C. The van der Waals surface area contributed by atoms with E-state index in [1.807, 2.05) is 12.1 Å². The van der Waals surface area contributed by atoms with Crippen molar-refractivity contribution in [3.8, 4) is 11.5 Å². The highest BCUT2D eigenvalue weighted by molar-refractivity contribution is 6.30. The molecule has 2 aliphatic heterocycles. The van der Waals surface area contributed by atoms with E-state index in [9.17, 15) is 0 Å². The Morgan fingerprint density at radius 3 is 2.29 bits per heavy atom. The van der Waals surface area contributed by atoms with Crippen LogP contribution in [0.4, 0.5) is 22.7 Å². The standard InChI is InChI=1S/C50H46N2O4/c1-30(2)34-27-42(52-39-15-7-11-19-45(39)55-29-56-46-20-12-8-16-40(46)52)35-26-36-47-31(23-24-50(36,3)4)25-41(33-22-21-32(34)48(35)49(33)47)51-37-13-5-9-17-43(37)53-28-54-44-18-10-6-14-38(44)51/h5,7-9,11-22,25-27,30,39,45H,6,10,23-24,28-29H2,1-4H3. The van der Waals surface area contributed by atoms with Gasteiger partial charge in [-0.15, -0.1) is 0 Å². The Balaban J connectivity index is 1.29. The summed E-state index contributed by atoms with van der Waals surface area (Å²) in [5, 5.41) is 7.86. The van der Waals surface area contributed by atoms with E-state index in [1.54, 1.807) is 0 Å². The first-order valence-corrected chi connectivity index (χ1v) is 20.2. The van der Waals surface area contributed by atoms with E-state index in [-0.39, 0.29) is 37.1 Å². The molecule has 56 heavy (non-hydrogen) atoms. The van der Waals surface area contributed by atoms with Gasteiger partial charge < -0.3 is 28.7 Å². The number of allylic oxidation sites excluding steroid dienone is 4. The molecule has 3 aliphatic carbocycles. The molecule has 0 saturated carbocycles. The number of aryl methyl sites for hydroxylation is 1.